The molecule has 1 aliphatic rings. The molecule has 0 atom stereocenters. The van der Waals surface area contributed by atoms with Crippen molar-refractivity contribution in [2.24, 2.45) is 0 Å². The maximum atomic E-state index is 12.6. The molecule has 0 spiro atoms. The quantitative estimate of drug-likeness (QED) is 0.573. The summed E-state index contributed by atoms with van der Waals surface area (Å²) in [5, 5.41) is 4.15. The van der Waals surface area contributed by atoms with Crippen LogP contribution in [0.3, 0.4) is 0 Å². The molecule has 1 aliphatic heterocycles. The Balaban J connectivity index is 1.63. The molecule has 1 fully saturated rings. The number of methoxy groups -OCH3 is 1. The Morgan fingerprint density at radius 3 is 2.96 bits per heavy atom. The Hall–Kier alpha value is -3.06. The summed E-state index contributed by atoms with van der Waals surface area (Å²) in [5.41, 5.74) is 0.992. The van der Waals surface area contributed by atoms with Crippen LogP contribution in [0.5, 0.6) is 5.75 Å². The first kappa shape index (κ1) is 15.5. The third-order valence-electron chi connectivity index (χ3n) is 3.89. The molecule has 7 heteroatoms. The first-order valence-corrected chi connectivity index (χ1v) is 8.00. The number of ether oxygens (including phenoxy) is 1. The molecule has 1 N–H and O–H groups in total. The van der Waals surface area contributed by atoms with Crippen molar-refractivity contribution in [3.05, 3.63) is 59.9 Å². The SMILES string of the molecule is COc1cccc2cc(/C=C3\NC(=S)N(Cc4ccco4)C3=O)oc12. The third kappa shape index (κ3) is 2.78. The lowest BCUT2D eigenvalue weighted by Crippen LogP contribution is -2.29. The second-order valence-corrected chi connectivity index (χ2v) is 5.87. The number of thiocarbonyl (C=S) groups is 1. The number of hydrogen-bond donors (Lipinski definition) is 1. The van der Waals surface area contributed by atoms with Crippen LogP contribution in [0, 0.1) is 0 Å². The minimum atomic E-state index is -0.228. The maximum Gasteiger partial charge on any atom is 0.277 e. The van der Waals surface area contributed by atoms with E-state index < -0.39 is 0 Å². The van der Waals surface area contributed by atoms with E-state index in [-0.39, 0.29) is 12.5 Å². The summed E-state index contributed by atoms with van der Waals surface area (Å²) in [6.45, 7) is 0.281. The fraction of sp³-hybridized carbons (Fsp3) is 0.111. The van der Waals surface area contributed by atoms with E-state index in [0.29, 0.717) is 33.7 Å². The summed E-state index contributed by atoms with van der Waals surface area (Å²) in [5.74, 6) is 1.61. The second-order valence-electron chi connectivity index (χ2n) is 5.49. The van der Waals surface area contributed by atoms with E-state index in [1.165, 1.54) is 4.90 Å². The number of nitrogens with zero attached hydrogens (tertiary/aromatic N) is 1. The normalized spacial score (nSPS) is 16.0. The summed E-state index contributed by atoms with van der Waals surface area (Å²) in [7, 11) is 1.59. The van der Waals surface area contributed by atoms with E-state index in [1.54, 1.807) is 31.6 Å². The average Bonchev–Trinajstić information content (AvgIpc) is 3.31. The van der Waals surface area contributed by atoms with Gasteiger partial charge in [-0.05, 0) is 36.5 Å². The van der Waals surface area contributed by atoms with Crippen molar-refractivity contribution in [1.82, 2.24) is 10.2 Å². The fourth-order valence-electron chi connectivity index (χ4n) is 2.70. The molecule has 1 saturated heterocycles. The van der Waals surface area contributed by atoms with Crippen molar-refractivity contribution in [3.63, 3.8) is 0 Å². The van der Waals surface area contributed by atoms with E-state index in [1.807, 2.05) is 24.3 Å². The summed E-state index contributed by atoms with van der Waals surface area (Å²) >= 11 is 5.25. The number of rotatable bonds is 4. The van der Waals surface area contributed by atoms with Gasteiger partial charge in [0.1, 0.15) is 17.2 Å². The molecule has 0 bridgehead atoms. The summed E-state index contributed by atoms with van der Waals surface area (Å²) in [4.78, 5) is 14.0. The van der Waals surface area contributed by atoms with Crippen molar-refractivity contribution in [3.8, 4) is 5.75 Å². The number of amides is 1. The number of benzene rings is 1. The van der Waals surface area contributed by atoms with E-state index in [0.717, 1.165) is 5.39 Å². The van der Waals surface area contributed by atoms with E-state index in [9.17, 15) is 4.79 Å². The van der Waals surface area contributed by atoms with Crippen molar-refractivity contribution in [1.29, 1.82) is 0 Å². The van der Waals surface area contributed by atoms with Gasteiger partial charge in [-0.25, -0.2) is 0 Å². The van der Waals surface area contributed by atoms with Crippen LogP contribution in [0.2, 0.25) is 0 Å². The Bertz CT molecular complexity index is 988. The smallest absolute Gasteiger partial charge is 0.277 e. The van der Waals surface area contributed by atoms with Gasteiger partial charge in [0.2, 0.25) is 0 Å². The monoisotopic (exact) mass is 354 g/mol. The predicted octanol–water partition coefficient (Wildman–Crippen LogP) is 3.29. The van der Waals surface area contributed by atoms with E-state index in [2.05, 4.69) is 5.32 Å². The second kappa shape index (κ2) is 6.10. The number of hydrogen-bond acceptors (Lipinski definition) is 5. The van der Waals surface area contributed by atoms with Gasteiger partial charge in [-0.15, -0.1) is 0 Å². The Morgan fingerprint density at radius 1 is 1.32 bits per heavy atom. The molecule has 3 heterocycles. The van der Waals surface area contributed by atoms with Crippen LogP contribution >= 0.6 is 12.2 Å². The zero-order valence-corrected chi connectivity index (χ0v) is 14.1. The van der Waals surface area contributed by atoms with Gasteiger partial charge in [0.25, 0.3) is 5.91 Å². The number of carbonyl (C=O) groups excluding carboxylic acids is 1. The lowest BCUT2D eigenvalue weighted by molar-refractivity contribution is -0.122. The largest absolute Gasteiger partial charge is 0.493 e. The standard InChI is InChI=1S/C18H14N2O4S/c1-22-15-6-2-4-11-8-13(24-16(11)15)9-14-17(21)20(18(25)19-14)10-12-5-3-7-23-12/h2-9H,10H2,1H3,(H,19,25)/b14-9-. The number of nitrogens with one attached hydrogen (secondary N) is 1. The molecular weight excluding hydrogens is 340 g/mol. The van der Waals surface area contributed by atoms with Crippen LogP contribution in [-0.4, -0.2) is 23.0 Å². The number of para-hydroxylation sites is 1. The minimum absolute atomic E-state index is 0.228. The molecule has 0 radical (unpaired) electrons. The summed E-state index contributed by atoms with van der Waals surface area (Å²) in [6, 6.07) is 11.0. The topological polar surface area (TPSA) is 67.8 Å². The predicted molar refractivity (Wildman–Crippen MR) is 95.7 cm³/mol. The lowest BCUT2D eigenvalue weighted by atomic mass is 10.2. The highest BCUT2D eigenvalue weighted by atomic mass is 32.1. The van der Waals surface area contributed by atoms with Gasteiger partial charge in [0.15, 0.2) is 16.4 Å². The maximum absolute atomic E-state index is 12.6. The molecule has 0 saturated carbocycles. The zero-order valence-electron chi connectivity index (χ0n) is 13.3. The Labute approximate surface area is 148 Å². The van der Waals surface area contributed by atoms with Gasteiger partial charge in [-0.2, -0.15) is 0 Å². The highest BCUT2D eigenvalue weighted by Crippen LogP contribution is 2.29. The van der Waals surface area contributed by atoms with Gasteiger partial charge in [0, 0.05) is 11.5 Å². The number of fused-ring (bicyclic) bond motifs is 1. The van der Waals surface area contributed by atoms with Gasteiger partial charge in [-0.3, -0.25) is 9.69 Å². The molecule has 0 aliphatic carbocycles. The van der Waals surface area contributed by atoms with Crippen LogP contribution in [0.1, 0.15) is 11.5 Å². The van der Waals surface area contributed by atoms with Crippen LogP contribution in [-0.2, 0) is 11.3 Å². The van der Waals surface area contributed by atoms with Crippen molar-refractivity contribution >= 4 is 40.3 Å². The molecule has 6 nitrogen and oxygen atoms in total. The van der Waals surface area contributed by atoms with E-state index >= 15 is 0 Å². The van der Waals surface area contributed by atoms with Gasteiger partial charge >= 0.3 is 0 Å². The van der Waals surface area contributed by atoms with Crippen LogP contribution in [0.4, 0.5) is 0 Å². The van der Waals surface area contributed by atoms with Crippen LogP contribution in [0.15, 0.2) is 57.2 Å². The summed E-state index contributed by atoms with van der Waals surface area (Å²) in [6.07, 6.45) is 3.20. The lowest BCUT2D eigenvalue weighted by Gasteiger charge is -2.11. The molecule has 2 aromatic heterocycles. The first-order chi connectivity index (χ1) is 12.2. The molecule has 25 heavy (non-hydrogen) atoms. The average molecular weight is 354 g/mol. The molecule has 126 valence electrons. The Morgan fingerprint density at radius 2 is 2.20 bits per heavy atom. The molecule has 1 amide bonds. The van der Waals surface area contributed by atoms with Gasteiger partial charge in [0.05, 0.1) is 19.9 Å². The minimum Gasteiger partial charge on any atom is -0.493 e. The molecule has 3 aromatic rings. The van der Waals surface area contributed by atoms with Crippen LogP contribution in [0.25, 0.3) is 17.0 Å². The third-order valence-corrected chi connectivity index (χ3v) is 4.21. The zero-order chi connectivity index (χ0) is 17.4. The van der Waals surface area contributed by atoms with Gasteiger partial charge in [-0.1, -0.05) is 12.1 Å². The van der Waals surface area contributed by atoms with Gasteiger partial charge < -0.3 is 18.9 Å². The first-order valence-electron chi connectivity index (χ1n) is 7.59. The summed E-state index contributed by atoms with van der Waals surface area (Å²) < 4.78 is 16.4. The van der Waals surface area contributed by atoms with Crippen molar-refractivity contribution < 1.29 is 18.4 Å². The van der Waals surface area contributed by atoms with Crippen LogP contribution < -0.4 is 10.1 Å². The van der Waals surface area contributed by atoms with Crippen molar-refractivity contribution in [2.75, 3.05) is 7.11 Å². The fourth-order valence-corrected chi connectivity index (χ4v) is 2.96. The highest BCUT2D eigenvalue weighted by molar-refractivity contribution is 7.80. The number of furan rings is 2. The van der Waals surface area contributed by atoms with Crippen molar-refractivity contribution in [2.45, 2.75) is 6.54 Å². The number of carbonyl (C=O) groups is 1. The Kier molecular flexibility index (Phi) is 3.77. The highest BCUT2D eigenvalue weighted by Gasteiger charge is 2.31. The van der Waals surface area contributed by atoms with E-state index in [4.69, 9.17) is 25.8 Å². The molecule has 1 aromatic carbocycles. The molecule has 0 unspecified atom stereocenters. The molecular formula is C18H14N2O4S. The molecule has 4 rings (SSSR count).